The Labute approximate surface area is 186 Å². The summed E-state index contributed by atoms with van der Waals surface area (Å²) in [6.07, 6.45) is 5.12. The summed E-state index contributed by atoms with van der Waals surface area (Å²) in [7, 11) is 1.30. The summed E-state index contributed by atoms with van der Waals surface area (Å²) in [6, 6.07) is 3.13. The average molecular weight is 444 g/mol. The minimum atomic E-state index is -0.683. The fourth-order valence-electron chi connectivity index (χ4n) is 4.28. The van der Waals surface area contributed by atoms with Crippen molar-refractivity contribution in [3.63, 3.8) is 0 Å². The van der Waals surface area contributed by atoms with E-state index in [1.165, 1.54) is 7.11 Å². The van der Waals surface area contributed by atoms with Crippen LogP contribution in [-0.4, -0.2) is 89.9 Å². The minimum Gasteiger partial charge on any atom is -0.467 e. The highest BCUT2D eigenvalue weighted by molar-refractivity contribution is 6.00. The van der Waals surface area contributed by atoms with Crippen LogP contribution in [0.25, 0.3) is 5.52 Å². The van der Waals surface area contributed by atoms with Gasteiger partial charge in [-0.3, -0.25) is 4.79 Å². The summed E-state index contributed by atoms with van der Waals surface area (Å²) >= 11 is 0. The Morgan fingerprint density at radius 3 is 2.56 bits per heavy atom. The standard InChI is InChI=1S/C22H29N5O5/c1-15(21(29)31-2)24-22(30)26-6-3-16(4-7-26)17-5-8-27-19(13-17)18(14-23-27)20(28)25-9-11-32-12-10-25/h5,8,13-16H,3-4,6-7,9-12H2,1-2H3,(H,24,30). The van der Waals surface area contributed by atoms with Crippen LogP contribution < -0.4 is 5.32 Å². The number of hydrogen-bond donors (Lipinski definition) is 1. The third kappa shape index (κ3) is 4.55. The van der Waals surface area contributed by atoms with Crippen molar-refractivity contribution in [2.75, 3.05) is 46.5 Å². The molecule has 0 radical (unpaired) electrons. The van der Waals surface area contributed by atoms with Gasteiger partial charge in [-0.05, 0) is 43.4 Å². The molecule has 1 unspecified atom stereocenters. The van der Waals surface area contributed by atoms with E-state index in [-0.39, 0.29) is 17.9 Å². The number of amides is 3. The molecule has 4 heterocycles. The second-order valence-corrected chi connectivity index (χ2v) is 8.21. The SMILES string of the molecule is COC(=O)C(C)NC(=O)N1CCC(c2ccn3ncc(C(=O)N4CCOCC4)c3c2)CC1. The topological polar surface area (TPSA) is 105 Å². The first-order chi connectivity index (χ1) is 15.5. The van der Waals surface area contributed by atoms with Gasteiger partial charge in [0.05, 0.1) is 37.6 Å². The maximum Gasteiger partial charge on any atom is 0.328 e. The highest BCUT2D eigenvalue weighted by Crippen LogP contribution is 2.29. The lowest BCUT2D eigenvalue weighted by atomic mass is 9.89. The quantitative estimate of drug-likeness (QED) is 0.714. The van der Waals surface area contributed by atoms with E-state index in [2.05, 4.69) is 15.2 Å². The third-order valence-electron chi connectivity index (χ3n) is 6.22. The van der Waals surface area contributed by atoms with E-state index < -0.39 is 12.0 Å². The summed E-state index contributed by atoms with van der Waals surface area (Å²) in [4.78, 5) is 40.5. The number of ether oxygens (including phenoxy) is 2. The molecule has 3 amide bonds. The molecule has 4 rings (SSSR count). The number of pyridine rings is 1. The van der Waals surface area contributed by atoms with Gasteiger partial charge in [0.15, 0.2) is 0 Å². The Morgan fingerprint density at radius 1 is 1.16 bits per heavy atom. The Bertz CT molecular complexity index is 992. The van der Waals surface area contributed by atoms with E-state index in [4.69, 9.17) is 4.74 Å². The van der Waals surface area contributed by atoms with Gasteiger partial charge in [-0.25, -0.2) is 14.1 Å². The van der Waals surface area contributed by atoms with Gasteiger partial charge in [0.25, 0.3) is 5.91 Å². The van der Waals surface area contributed by atoms with Gasteiger partial charge in [0.2, 0.25) is 0 Å². The van der Waals surface area contributed by atoms with Crippen LogP contribution in [-0.2, 0) is 14.3 Å². The fraction of sp³-hybridized carbons (Fsp3) is 0.545. The number of piperidine rings is 1. The number of rotatable bonds is 4. The van der Waals surface area contributed by atoms with Gasteiger partial charge >= 0.3 is 12.0 Å². The lowest BCUT2D eigenvalue weighted by molar-refractivity contribution is -0.142. The molecule has 172 valence electrons. The van der Waals surface area contributed by atoms with E-state index in [0.717, 1.165) is 23.9 Å². The molecular formula is C22H29N5O5. The molecule has 10 heteroatoms. The summed E-state index contributed by atoms with van der Waals surface area (Å²) in [5.41, 5.74) is 2.53. The summed E-state index contributed by atoms with van der Waals surface area (Å²) in [5, 5.41) is 7.02. The lowest BCUT2D eigenvalue weighted by Gasteiger charge is -2.33. The fourth-order valence-corrected chi connectivity index (χ4v) is 4.28. The number of hydrogen-bond acceptors (Lipinski definition) is 6. The van der Waals surface area contributed by atoms with Gasteiger partial charge < -0.3 is 24.6 Å². The largest absolute Gasteiger partial charge is 0.467 e. The summed E-state index contributed by atoms with van der Waals surface area (Å²) < 4.78 is 11.7. The highest BCUT2D eigenvalue weighted by Gasteiger charge is 2.27. The number of esters is 1. The molecule has 1 N–H and O–H groups in total. The van der Waals surface area contributed by atoms with Crippen LogP contribution in [0.15, 0.2) is 24.5 Å². The van der Waals surface area contributed by atoms with Crippen LogP contribution in [0.2, 0.25) is 0 Å². The number of carbonyl (C=O) groups is 3. The van der Waals surface area contributed by atoms with E-state index in [0.29, 0.717) is 45.0 Å². The highest BCUT2D eigenvalue weighted by atomic mass is 16.5. The number of carbonyl (C=O) groups excluding carboxylic acids is 3. The Hall–Kier alpha value is -3.14. The molecule has 0 spiro atoms. The zero-order valence-electron chi connectivity index (χ0n) is 18.5. The Kier molecular flexibility index (Phi) is 6.59. The number of urea groups is 1. The zero-order valence-corrected chi connectivity index (χ0v) is 18.5. The molecule has 0 bridgehead atoms. The predicted octanol–water partition coefficient (Wildman–Crippen LogP) is 1.26. The van der Waals surface area contributed by atoms with Gasteiger partial charge in [0.1, 0.15) is 6.04 Å². The monoisotopic (exact) mass is 443 g/mol. The summed E-state index contributed by atoms with van der Waals surface area (Å²) in [5.74, 6) is -0.209. The molecule has 0 aromatic carbocycles. The first-order valence-electron chi connectivity index (χ1n) is 11.0. The van der Waals surface area contributed by atoms with E-state index in [9.17, 15) is 14.4 Å². The third-order valence-corrected chi connectivity index (χ3v) is 6.22. The molecule has 32 heavy (non-hydrogen) atoms. The number of likely N-dealkylation sites (tertiary alicyclic amines) is 1. The first kappa shape index (κ1) is 22.1. The first-order valence-corrected chi connectivity index (χ1v) is 11.0. The molecule has 0 aliphatic carbocycles. The maximum atomic E-state index is 13.0. The van der Waals surface area contributed by atoms with Crippen LogP contribution >= 0.6 is 0 Å². The zero-order chi connectivity index (χ0) is 22.7. The van der Waals surface area contributed by atoms with Crippen molar-refractivity contribution in [1.29, 1.82) is 0 Å². The van der Waals surface area contributed by atoms with E-state index >= 15 is 0 Å². The summed E-state index contributed by atoms with van der Waals surface area (Å²) in [6.45, 7) is 5.08. The van der Waals surface area contributed by atoms with Gasteiger partial charge in [-0.1, -0.05) is 0 Å². The van der Waals surface area contributed by atoms with Gasteiger partial charge in [-0.2, -0.15) is 5.10 Å². The molecule has 10 nitrogen and oxygen atoms in total. The van der Waals surface area contributed by atoms with Crippen molar-refractivity contribution in [3.8, 4) is 0 Å². The molecule has 1 atom stereocenters. The molecule has 0 saturated carbocycles. The number of nitrogens with zero attached hydrogens (tertiary/aromatic N) is 4. The predicted molar refractivity (Wildman–Crippen MR) is 115 cm³/mol. The molecule has 2 saturated heterocycles. The number of nitrogens with one attached hydrogen (secondary N) is 1. The van der Waals surface area contributed by atoms with Crippen molar-refractivity contribution < 1.29 is 23.9 Å². The molecule has 2 aliphatic heterocycles. The second-order valence-electron chi connectivity index (χ2n) is 8.21. The van der Waals surface area contributed by atoms with E-state index in [1.54, 1.807) is 27.4 Å². The molecular weight excluding hydrogens is 414 g/mol. The van der Waals surface area contributed by atoms with Crippen molar-refractivity contribution in [2.24, 2.45) is 0 Å². The van der Waals surface area contributed by atoms with Crippen LogP contribution in [0.4, 0.5) is 4.79 Å². The van der Waals surface area contributed by atoms with Crippen molar-refractivity contribution >= 4 is 23.4 Å². The molecule has 2 fully saturated rings. The minimum absolute atomic E-state index is 0.0216. The van der Waals surface area contributed by atoms with Gasteiger partial charge in [-0.15, -0.1) is 0 Å². The van der Waals surface area contributed by atoms with Crippen molar-refractivity contribution in [3.05, 3.63) is 35.7 Å². The van der Waals surface area contributed by atoms with Crippen LogP contribution in [0.3, 0.4) is 0 Å². The Morgan fingerprint density at radius 2 is 1.88 bits per heavy atom. The molecule has 2 aromatic rings. The van der Waals surface area contributed by atoms with Crippen LogP contribution in [0, 0.1) is 0 Å². The Balaban J connectivity index is 1.42. The second kappa shape index (κ2) is 9.56. The number of aromatic nitrogens is 2. The van der Waals surface area contributed by atoms with Crippen molar-refractivity contribution in [1.82, 2.24) is 24.7 Å². The van der Waals surface area contributed by atoms with Gasteiger partial charge in [0, 0.05) is 32.4 Å². The lowest BCUT2D eigenvalue weighted by Crippen LogP contribution is -2.49. The average Bonchev–Trinajstić information content (AvgIpc) is 3.26. The van der Waals surface area contributed by atoms with E-state index in [1.807, 2.05) is 18.3 Å². The molecule has 2 aliphatic rings. The van der Waals surface area contributed by atoms with Crippen molar-refractivity contribution in [2.45, 2.75) is 31.7 Å². The number of fused-ring (bicyclic) bond motifs is 1. The smallest absolute Gasteiger partial charge is 0.328 e. The number of methoxy groups -OCH3 is 1. The normalized spacial score (nSPS) is 18.4. The van der Waals surface area contributed by atoms with Crippen LogP contribution in [0.1, 0.15) is 41.6 Å². The van der Waals surface area contributed by atoms with Crippen LogP contribution in [0.5, 0.6) is 0 Å². The number of morpholine rings is 1. The maximum absolute atomic E-state index is 13.0. The molecule has 2 aromatic heterocycles.